The number of carbonyl (C=O) groups is 1. The summed E-state index contributed by atoms with van der Waals surface area (Å²) in [4.78, 5) is 16.5. The van der Waals surface area contributed by atoms with Crippen molar-refractivity contribution in [3.63, 3.8) is 0 Å². The molecule has 8 heteroatoms. The lowest BCUT2D eigenvalue weighted by atomic mass is 10.2. The van der Waals surface area contributed by atoms with Crippen molar-refractivity contribution in [2.24, 2.45) is 0 Å². The Hall–Kier alpha value is -3.00. The number of hydrogen-bond donors (Lipinski definition) is 2. The van der Waals surface area contributed by atoms with Gasteiger partial charge in [-0.05, 0) is 43.4 Å². The summed E-state index contributed by atoms with van der Waals surface area (Å²) in [5.41, 5.74) is 1.48. The van der Waals surface area contributed by atoms with Crippen LogP contribution >= 0.6 is 12.2 Å². The molecule has 2 aromatic heterocycles. The Bertz CT molecular complexity index is 936. The van der Waals surface area contributed by atoms with Crippen molar-refractivity contribution in [3.8, 4) is 5.75 Å². The predicted molar refractivity (Wildman–Crippen MR) is 99.3 cm³/mol. The van der Waals surface area contributed by atoms with Gasteiger partial charge in [0.2, 0.25) is 0 Å². The van der Waals surface area contributed by atoms with Gasteiger partial charge < -0.3 is 14.6 Å². The largest absolute Gasteiger partial charge is 0.489 e. The summed E-state index contributed by atoms with van der Waals surface area (Å²) in [5, 5.41) is 9.72. The molecule has 0 saturated carbocycles. The molecule has 134 valence electrons. The average Bonchev–Trinajstić information content (AvgIpc) is 3.05. The van der Waals surface area contributed by atoms with Gasteiger partial charge in [-0.25, -0.2) is 0 Å². The van der Waals surface area contributed by atoms with E-state index in [1.165, 1.54) is 0 Å². The molecule has 0 aliphatic heterocycles. The molecular weight excluding hydrogens is 350 g/mol. The molecule has 0 unspecified atom stereocenters. The van der Waals surface area contributed by atoms with Gasteiger partial charge in [-0.2, -0.15) is 5.10 Å². The molecule has 0 bridgehead atoms. The molecule has 1 aromatic carbocycles. The fourth-order valence-corrected chi connectivity index (χ4v) is 2.73. The van der Waals surface area contributed by atoms with Crippen LogP contribution in [0.2, 0.25) is 0 Å². The van der Waals surface area contributed by atoms with Crippen molar-refractivity contribution in [1.82, 2.24) is 25.1 Å². The molecule has 0 atom stereocenters. The molecule has 3 aromatic rings. The molecule has 0 radical (unpaired) electrons. The van der Waals surface area contributed by atoms with Gasteiger partial charge in [0.05, 0.1) is 6.54 Å². The van der Waals surface area contributed by atoms with Crippen molar-refractivity contribution in [2.45, 2.75) is 26.6 Å². The maximum Gasteiger partial charge on any atom is 0.251 e. The van der Waals surface area contributed by atoms with E-state index in [0.29, 0.717) is 41.6 Å². The van der Waals surface area contributed by atoms with E-state index in [4.69, 9.17) is 17.0 Å². The number of hydrogen-bond acceptors (Lipinski definition) is 5. The molecule has 2 N–H and O–H groups in total. The highest BCUT2D eigenvalue weighted by atomic mass is 32.1. The molecule has 2 heterocycles. The highest BCUT2D eigenvalue weighted by molar-refractivity contribution is 7.71. The maximum absolute atomic E-state index is 12.4. The summed E-state index contributed by atoms with van der Waals surface area (Å²) in [5.74, 6) is 1.11. The van der Waals surface area contributed by atoms with E-state index in [1.807, 2.05) is 29.7 Å². The van der Waals surface area contributed by atoms with Crippen LogP contribution in [0, 0.1) is 4.77 Å². The minimum Gasteiger partial charge on any atom is -0.489 e. The lowest BCUT2D eigenvalue weighted by molar-refractivity contribution is 0.0949. The van der Waals surface area contributed by atoms with Crippen LogP contribution in [0.25, 0.3) is 0 Å². The molecule has 0 fully saturated rings. The highest BCUT2D eigenvalue weighted by Crippen LogP contribution is 2.15. The van der Waals surface area contributed by atoms with Crippen molar-refractivity contribution in [2.75, 3.05) is 0 Å². The zero-order chi connectivity index (χ0) is 18.4. The van der Waals surface area contributed by atoms with Gasteiger partial charge in [-0.3, -0.25) is 14.9 Å². The topological polar surface area (TPSA) is 84.8 Å². The first-order chi connectivity index (χ1) is 12.7. The smallest absolute Gasteiger partial charge is 0.251 e. The quantitative estimate of drug-likeness (QED) is 0.626. The molecule has 0 aliphatic carbocycles. The molecule has 3 rings (SSSR count). The fraction of sp³-hybridized carbons (Fsp3) is 0.222. The van der Waals surface area contributed by atoms with Crippen LogP contribution in [0.1, 0.15) is 28.7 Å². The van der Waals surface area contributed by atoms with Gasteiger partial charge in [0.15, 0.2) is 10.6 Å². The number of carbonyl (C=O) groups excluding carboxylic acids is 1. The van der Waals surface area contributed by atoms with Gasteiger partial charge in [0.25, 0.3) is 5.91 Å². The summed E-state index contributed by atoms with van der Waals surface area (Å²) < 4.78 is 8.11. The molecule has 0 aliphatic rings. The first kappa shape index (κ1) is 17.8. The Balaban J connectivity index is 1.61. The Kier molecular flexibility index (Phi) is 5.75. The minimum absolute atomic E-state index is 0.201. The highest BCUT2D eigenvalue weighted by Gasteiger charge is 2.10. The number of aromatic nitrogens is 4. The van der Waals surface area contributed by atoms with Crippen molar-refractivity contribution >= 4 is 18.1 Å². The standard InChI is InChI=1S/C18H19N5O2S/c1-2-23-16(21-22-18(23)26)11-20-17(24)14-6-3-7-15(9-14)25-12-13-5-4-8-19-10-13/h3-10H,2,11-12H2,1H3,(H,20,24)(H,22,26). The predicted octanol–water partition coefficient (Wildman–Crippen LogP) is 2.86. The summed E-state index contributed by atoms with van der Waals surface area (Å²) in [6.07, 6.45) is 3.46. The lowest BCUT2D eigenvalue weighted by Crippen LogP contribution is -2.24. The molecule has 26 heavy (non-hydrogen) atoms. The van der Waals surface area contributed by atoms with Gasteiger partial charge in [-0.1, -0.05) is 12.1 Å². The number of nitrogens with zero attached hydrogens (tertiary/aromatic N) is 3. The van der Waals surface area contributed by atoms with Gasteiger partial charge in [0.1, 0.15) is 12.4 Å². The summed E-state index contributed by atoms with van der Waals surface area (Å²) in [6.45, 7) is 3.35. The third-order valence-corrected chi connectivity index (χ3v) is 4.10. The Labute approximate surface area is 156 Å². The van der Waals surface area contributed by atoms with Crippen molar-refractivity contribution < 1.29 is 9.53 Å². The SMILES string of the molecule is CCn1c(CNC(=O)c2cccc(OCc3cccnc3)c2)n[nH]c1=S. The molecule has 7 nitrogen and oxygen atoms in total. The second-order valence-corrected chi connectivity index (χ2v) is 5.94. The average molecular weight is 369 g/mol. The van der Waals surface area contributed by atoms with Gasteiger partial charge in [0, 0.05) is 30.1 Å². The number of pyridine rings is 1. The molecule has 1 amide bonds. The fourth-order valence-electron chi connectivity index (χ4n) is 2.45. The summed E-state index contributed by atoms with van der Waals surface area (Å²) in [6, 6.07) is 10.8. The van der Waals surface area contributed by atoms with E-state index in [2.05, 4.69) is 20.5 Å². The third-order valence-electron chi connectivity index (χ3n) is 3.79. The van der Waals surface area contributed by atoms with Crippen LogP contribution in [0.5, 0.6) is 5.75 Å². The normalized spacial score (nSPS) is 10.5. The second-order valence-electron chi connectivity index (χ2n) is 5.55. The van der Waals surface area contributed by atoms with Crippen LogP contribution in [-0.2, 0) is 19.7 Å². The number of ether oxygens (including phenoxy) is 1. The van der Waals surface area contributed by atoms with E-state index >= 15 is 0 Å². The van der Waals surface area contributed by atoms with E-state index in [0.717, 1.165) is 5.56 Å². The third kappa shape index (κ3) is 4.34. The van der Waals surface area contributed by atoms with Crippen LogP contribution < -0.4 is 10.1 Å². The monoisotopic (exact) mass is 369 g/mol. The van der Waals surface area contributed by atoms with Gasteiger partial charge >= 0.3 is 0 Å². The first-order valence-corrected chi connectivity index (χ1v) is 8.62. The zero-order valence-corrected chi connectivity index (χ0v) is 15.1. The van der Waals surface area contributed by atoms with E-state index in [9.17, 15) is 4.79 Å². The number of aromatic amines is 1. The number of rotatable bonds is 7. The number of amides is 1. The van der Waals surface area contributed by atoms with E-state index in [-0.39, 0.29) is 5.91 Å². The van der Waals surface area contributed by atoms with Crippen LogP contribution in [0.15, 0.2) is 48.8 Å². The van der Waals surface area contributed by atoms with E-state index < -0.39 is 0 Å². The molecule has 0 spiro atoms. The summed E-state index contributed by atoms with van der Waals surface area (Å²) >= 11 is 5.14. The maximum atomic E-state index is 12.4. The van der Waals surface area contributed by atoms with Gasteiger partial charge in [-0.15, -0.1) is 0 Å². The van der Waals surface area contributed by atoms with Crippen LogP contribution in [0.3, 0.4) is 0 Å². The minimum atomic E-state index is -0.201. The summed E-state index contributed by atoms with van der Waals surface area (Å²) in [7, 11) is 0. The Morgan fingerprint density at radius 3 is 3.00 bits per heavy atom. The van der Waals surface area contributed by atoms with E-state index in [1.54, 1.807) is 30.6 Å². The first-order valence-electron chi connectivity index (χ1n) is 8.21. The molecular formula is C18H19N5O2S. The number of nitrogens with one attached hydrogen (secondary N) is 2. The lowest BCUT2D eigenvalue weighted by Gasteiger charge is -2.09. The van der Waals surface area contributed by atoms with Crippen LogP contribution in [0.4, 0.5) is 0 Å². The Morgan fingerprint density at radius 2 is 2.23 bits per heavy atom. The van der Waals surface area contributed by atoms with Crippen LogP contribution in [-0.4, -0.2) is 25.7 Å². The van der Waals surface area contributed by atoms with Crippen molar-refractivity contribution in [1.29, 1.82) is 0 Å². The zero-order valence-electron chi connectivity index (χ0n) is 14.3. The second kappa shape index (κ2) is 8.39. The molecule has 0 saturated heterocycles. The number of benzene rings is 1. The van der Waals surface area contributed by atoms with Crippen molar-refractivity contribution in [3.05, 3.63) is 70.5 Å². The number of H-pyrrole nitrogens is 1. The Morgan fingerprint density at radius 1 is 1.35 bits per heavy atom.